The molecule has 0 amide bonds. The van der Waals surface area contributed by atoms with Crippen molar-refractivity contribution in [3.05, 3.63) is 71.0 Å². The van der Waals surface area contributed by atoms with Gasteiger partial charge in [-0.05, 0) is 35.2 Å². The third kappa shape index (κ3) is 2.39. The molecule has 98 valence electrons. The number of hydrogen-bond acceptors (Lipinski definition) is 2. The fourth-order valence-electron chi connectivity index (χ4n) is 2.61. The molecular weight excluding hydrogens is 241 g/mol. The fourth-order valence-corrected chi connectivity index (χ4v) is 2.61. The molecule has 0 spiro atoms. The van der Waals surface area contributed by atoms with Crippen molar-refractivity contribution in [2.45, 2.75) is 18.6 Å². The molecule has 0 aliphatic carbocycles. The Morgan fingerprint density at radius 3 is 2.84 bits per heavy atom. The summed E-state index contributed by atoms with van der Waals surface area (Å²) in [6.07, 6.45) is 0.703. The number of halogens is 1. The summed E-state index contributed by atoms with van der Waals surface area (Å²) in [5.41, 5.74) is 9.41. The van der Waals surface area contributed by atoms with Gasteiger partial charge in [-0.1, -0.05) is 36.4 Å². The molecule has 0 fully saturated rings. The molecule has 0 radical (unpaired) electrons. The van der Waals surface area contributed by atoms with Crippen LogP contribution in [0, 0.1) is 5.82 Å². The van der Waals surface area contributed by atoms with Crippen molar-refractivity contribution in [1.82, 2.24) is 0 Å². The van der Waals surface area contributed by atoms with Gasteiger partial charge in [-0.2, -0.15) is 0 Å². The van der Waals surface area contributed by atoms with Crippen LogP contribution >= 0.6 is 0 Å². The summed E-state index contributed by atoms with van der Waals surface area (Å²) in [5, 5.41) is 0. The van der Waals surface area contributed by atoms with Crippen molar-refractivity contribution < 1.29 is 9.13 Å². The Morgan fingerprint density at radius 2 is 2.00 bits per heavy atom. The second-order valence-electron chi connectivity index (χ2n) is 4.82. The molecule has 0 aromatic heterocycles. The van der Waals surface area contributed by atoms with Gasteiger partial charge in [-0.25, -0.2) is 4.39 Å². The van der Waals surface area contributed by atoms with E-state index in [9.17, 15) is 4.39 Å². The highest BCUT2D eigenvalue weighted by atomic mass is 19.1. The van der Waals surface area contributed by atoms with E-state index in [1.54, 1.807) is 6.07 Å². The minimum Gasteiger partial charge on any atom is -0.371 e. The zero-order valence-electron chi connectivity index (χ0n) is 10.6. The molecule has 1 heterocycles. The van der Waals surface area contributed by atoms with Crippen LogP contribution < -0.4 is 5.73 Å². The molecule has 2 atom stereocenters. The summed E-state index contributed by atoms with van der Waals surface area (Å²) in [7, 11) is 0. The maximum Gasteiger partial charge on any atom is 0.123 e. The van der Waals surface area contributed by atoms with E-state index < -0.39 is 0 Å². The molecule has 2 unspecified atom stereocenters. The normalized spacial score (nSPS) is 19.8. The summed E-state index contributed by atoms with van der Waals surface area (Å²) in [5.74, 6) is -0.267. The van der Waals surface area contributed by atoms with Gasteiger partial charge in [0.1, 0.15) is 11.9 Å². The fraction of sp³-hybridized carbons (Fsp3) is 0.250. The van der Waals surface area contributed by atoms with Crippen molar-refractivity contribution in [2.75, 3.05) is 6.61 Å². The average molecular weight is 257 g/mol. The number of fused-ring (bicyclic) bond motifs is 1. The number of rotatable bonds is 2. The van der Waals surface area contributed by atoms with Gasteiger partial charge in [0, 0.05) is 0 Å². The van der Waals surface area contributed by atoms with Gasteiger partial charge in [0.2, 0.25) is 0 Å². The topological polar surface area (TPSA) is 35.2 Å². The van der Waals surface area contributed by atoms with Gasteiger partial charge >= 0.3 is 0 Å². The number of hydrogen-bond donors (Lipinski definition) is 1. The molecule has 3 rings (SSSR count). The standard InChI is InChI=1S/C16H16FNO/c17-13-6-3-5-12(10-13)15(18)16-14-7-2-1-4-11(14)8-9-19-16/h1-7,10,15-16H,8-9,18H2. The number of ether oxygens (including phenoxy) is 1. The second kappa shape index (κ2) is 5.11. The van der Waals surface area contributed by atoms with Crippen molar-refractivity contribution >= 4 is 0 Å². The SMILES string of the molecule is NC(c1cccc(F)c1)C1OCCc2ccccc21. The predicted molar refractivity (Wildman–Crippen MR) is 72.2 cm³/mol. The lowest BCUT2D eigenvalue weighted by Crippen LogP contribution is -2.27. The molecule has 2 aromatic rings. The minimum atomic E-state index is -0.350. The van der Waals surface area contributed by atoms with Gasteiger partial charge in [-0.3, -0.25) is 0 Å². The Hall–Kier alpha value is -1.71. The van der Waals surface area contributed by atoms with Gasteiger partial charge in [0.25, 0.3) is 0 Å². The van der Waals surface area contributed by atoms with Gasteiger partial charge in [0.15, 0.2) is 0 Å². The van der Waals surface area contributed by atoms with Crippen LogP contribution in [0.2, 0.25) is 0 Å². The van der Waals surface area contributed by atoms with Crippen molar-refractivity contribution in [1.29, 1.82) is 0 Å². The molecule has 2 aromatic carbocycles. The number of benzene rings is 2. The summed E-state index contributed by atoms with van der Waals surface area (Å²) in [6, 6.07) is 14.2. The van der Waals surface area contributed by atoms with Crippen LogP contribution in [0.3, 0.4) is 0 Å². The molecule has 2 nitrogen and oxygen atoms in total. The molecular formula is C16H16FNO. The average Bonchev–Trinajstić information content (AvgIpc) is 2.46. The summed E-state index contributed by atoms with van der Waals surface area (Å²) >= 11 is 0. The maximum atomic E-state index is 13.3. The van der Waals surface area contributed by atoms with E-state index in [4.69, 9.17) is 10.5 Å². The molecule has 19 heavy (non-hydrogen) atoms. The first kappa shape index (κ1) is 12.3. The van der Waals surface area contributed by atoms with Gasteiger partial charge in [-0.15, -0.1) is 0 Å². The molecule has 0 bridgehead atoms. The predicted octanol–water partition coefficient (Wildman–Crippen LogP) is 3.14. The first-order valence-corrected chi connectivity index (χ1v) is 6.46. The Labute approximate surface area is 112 Å². The Balaban J connectivity index is 1.95. The van der Waals surface area contributed by atoms with E-state index in [0.717, 1.165) is 17.5 Å². The van der Waals surface area contributed by atoms with E-state index in [2.05, 4.69) is 6.07 Å². The zero-order chi connectivity index (χ0) is 13.2. The van der Waals surface area contributed by atoms with Crippen molar-refractivity contribution in [3.63, 3.8) is 0 Å². The summed E-state index contributed by atoms with van der Waals surface area (Å²) in [6.45, 7) is 0.657. The first-order chi connectivity index (χ1) is 9.25. The van der Waals surface area contributed by atoms with Crippen LogP contribution in [0.25, 0.3) is 0 Å². The third-order valence-electron chi connectivity index (χ3n) is 3.59. The van der Waals surface area contributed by atoms with Gasteiger partial charge in [0.05, 0.1) is 12.6 Å². The lowest BCUT2D eigenvalue weighted by atomic mass is 9.90. The largest absolute Gasteiger partial charge is 0.371 e. The van der Waals surface area contributed by atoms with E-state index in [-0.39, 0.29) is 18.0 Å². The quantitative estimate of drug-likeness (QED) is 0.897. The van der Waals surface area contributed by atoms with Crippen LogP contribution in [0.15, 0.2) is 48.5 Å². The summed E-state index contributed by atoms with van der Waals surface area (Å²) in [4.78, 5) is 0. The highest BCUT2D eigenvalue weighted by Gasteiger charge is 2.27. The Kier molecular flexibility index (Phi) is 3.32. The van der Waals surface area contributed by atoms with E-state index in [1.807, 2.05) is 24.3 Å². The lowest BCUT2D eigenvalue weighted by molar-refractivity contribution is 0.0240. The smallest absolute Gasteiger partial charge is 0.123 e. The van der Waals surface area contributed by atoms with E-state index in [1.165, 1.54) is 17.7 Å². The molecule has 0 saturated heterocycles. The maximum absolute atomic E-state index is 13.3. The molecule has 3 heteroatoms. The van der Waals surface area contributed by atoms with Crippen LogP contribution in [0.5, 0.6) is 0 Å². The highest BCUT2D eigenvalue weighted by molar-refractivity contribution is 5.34. The van der Waals surface area contributed by atoms with E-state index >= 15 is 0 Å². The minimum absolute atomic E-state index is 0.202. The highest BCUT2D eigenvalue weighted by Crippen LogP contribution is 2.35. The molecule has 0 saturated carbocycles. The van der Waals surface area contributed by atoms with Gasteiger partial charge < -0.3 is 10.5 Å². The number of nitrogens with two attached hydrogens (primary N) is 1. The lowest BCUT2D eigenvalue weighted by Gasteiger charge is -2.30. The molecule has 1 aliphatic rings. The van der Waals surface area contributed by atoms with Crippen LogP contribution in [-0.2, 0) is 11.2 Å². The third-order valence-corrected chi connectivity index (χ3v) is 3.59. The zero-order valence-corrected chi connectivity index (χ0v) is 10.6. The van der Waals surface area contributed by atoms with Crippen LogP contribution in [0.1, 0.15) is 28.8 Å². The molecule has 1 aliphatic heterocycles. The molecule has 2 N–H and O–H groups in total. The summed E-state index contributed by atoms with van der Waals surface area (Å²) < 4.78 is 19.1. The monoisotopic (exact) mass is 257 g/mol. The van der Waals surface area contributed by atoms with Crippen molar-refractivity contribution in [3.8, 4) is 0 Å². The van der Waals surface area contributed by atoms with Crippen molar-refractivity contribution in [2.24, 2.45) is 5.73 Å². The Morgan fingerprint density at radius 1 is 1.16 bits per heavy atom. The first-order valence-electron chi connectivity index (χ1n) is 6.46. The van der Waals surface area contributed by atoms with Crippen LogP contribution in [0.4, 0.5) is 4.39 Å². The Bertz CT molecular complexity index is 584. The van der Waals surface area contributed by atoms with Crippen LogP contribution in [-0.4, -0.2) is 6.61 Å². The second-order valence-corrected chi connectivity index (χ2v) is 4.82. The van der Waals surface area contributed by atoms with E-state index in [0.29, 0.717) is 6.61 Å².